The van der Waals surface area contributed by atoms with Crippen molar-refractivity contribution in [2.45, 2.75) is 13.0 Å². The van der Waals surface area contributed by atoms with Crippen molar-refractivity contribution in [1.82, 2.24) is 9.97 Å². The van der Waals surface area contributed by atoms with Gasteiger partial charge < -0.3 is 5.11 Å². The van der Waals surface area contributed by atoms with Gasteiger partial charge in [-0.25, -0.2) is 9.97 Å². The average Bonchev–Trinajstić information content (AvgIpc) is 2.63. The van der Waals surface area contributed by atoms with Crippen molar-refractivity contribution in [1.29, 1.82) is 0 Å². The van der Waals surface area contributed by atoms with Crippen LogP contribution in [0.3, 0.4) is 0 Å². The van der Waals surface area contributed by atoms with Crippen LogP contribution < -0.4 is 0 Å². The summed E-state index contributed by atoms with van der Waals surface area (Å²) in [6.45, 7) is 1.65. The molecule has 3 nitrogen and oxygen atoms in total. The number of nitrogens with zero attached hydrogens (tertiary/aromatic N) is 2. The zero-order chi connectivity index (χ0) is 19.6. The summed E-state index contributed by atoms with van der Waals surface area (Å²) in [6, 6.07) is 16.6. The summed E-state index contributed by atoms with van der Waals surface area (Å²) in [4.78, 5) is 8.28. The number of aliphatic hydroxyl groups excluding tert-OH is 1. The highest BCUT2D eigenvalue weighted by atomic mass is 35.5. The zero-order valence-corrected chi connectivity index (χ0v) is 17.2. The van der Waals surface area contributed by atoms with Gasteiger partial charge in [0.15, 0.2) is 0 Å². The number of aliphatic hydroxyl groups is 1. The molecule has 0 fully saturated rings. The van der Waals surface area contributed by atoms with Crippen molar-refractivity contribution < 1.29 is 5.11 Å². The molecular weight excluding hydrogens is 426 g/mol. The van der Waals surface area contributed by atoms with E-state index in [-0.39, 0.29) is 0 Å². The maximum absolute atomic E-state index is 9.48. The number of halogens is 4. The number of rotatable bonds is 1. The Balaban J connectivity index is 0.000000159. The summed E-state index contributed by atoms with van der Waals surface area (Å²) in [5, 5.41) is 13.3. The van der Waals surface area contributed by atoms with E-state index in [2.05, 4.69) is 9.97 Å². The van der Waals surface area contributed by atoms with Gasteiger partial charge >= 0.3 is 0 Å². The molecule has 2 aromatic heterocycles. The maximum atomic E-state index is 9.48. The molecule has 0 spiro atoms. The lowest BCUT2D eigenvalue weighted by Crippen LogP contribution is -1.95. The molecule has 27 heavy (non-hydrogen) atoms. The van der Waals surface area contributed by atoms with Gasteiger partial charge in [-0.1, -0.05) is 70.7 Å². The van der Waals surface area contributed by atoms with Gasteiger partial charge in [-0.3, -0.25) is 0 Å². The van der Waals surface area contributed by atoms with Gasteiger partial charge in [0, 0.05) is 16.3 Å². The van der Waals surface area contributed by atoms with E-state index < -0.39 is 6.10 Å². The first-order valence-corrected chi connectivity index (χ1v) is 9.51. The van der Waals surface area contributed by atoms with Crippen LogP contribution in [0.15, 0.2) is 54.6 Å². The molecule has 2 heterocycles. The van der Waals surface area contributed by atoms with Gasteiger partial charge in [-0.2, -0.15) is 0 Å². The van der Waals surface area contributed by atoms with Crippen molar-refractivity contribution in [2.24, 2.45) is 0 Å². The van der Waals surface area contributed by atoms with E-state index in [1.165, 1.54) is 0 Å². The lowest BCUT2D eigenvalue weighted by molar-refractivity contribution is 0.199. The Morgan fingerprint density at radius 2 is 1.37 bits per heavy atom. The molecule has 0 aliphatic rings. The molecule has 0 bridgehead atoms. The minimum atomic E-state index is -0.631. The summed E-state index contributed by atoms with van der Waals surface area (Å²) < 4.78 is 0. The Kier molecular flexibility index (Phi) is 6.40. The van der Waals surface area contributed by atoms with E-state index in [1.54, 1.807) is 31.2 Å². The summed E-state index contributed by atoms with van der Waals surface area (Å²) in [6.07, 6.45) is -0.631. The maximum Gasteiger partial charge on any atom is 0.135 e. The van der Waals surface area contributed by atoms with Crippen LogP contribution in [0, 0.1) is 0 Å². The highest BCUT2D eigenvalue weighted by Crippen LogP contribution is 2.29. The van der Waals surface area contributed by atoms with Crippen LogP contribution in [0.5, 0.6) is 0 Å². The van der Waals surface area contributed by atoms with E-state index in [0.29, 0.717) is 31.4 Å². The molecule has 2 aromatic carbocycles. The second-order valence-corrected chi connectivity index (χ2v) is 7.36. The van der Waals surface area contributed by atoms with E-state index in [4.69, 9.17) is 46.4 Å². The standard InChI is InChI=1S/C11H9Cl2NO.C9H5Cl2N/c1-6(15)8-5-7-3-2-4-9(12)10(7)14-11(8)13;10-7-3-1-2-6-4-5-8(11)12-9(6)7/h2-6,15H,1H3;1-5H. The molecular formula is C20H14Cl4N2O. The van der Waals surface area contributed by atoms with Gasteiger partial charge in [0.1, 0.15) is 10.3 Å². The summed E-state index contributed by atoms with van der Waals surface area (Å²) >= 11 is 23.5. The van der Waals surface area contributed by atoms with Crippen molar-refractivity contribution in [3.05, 3.63) is 80.5 Å². The largest absolute Gasteiger partial charge is 0.389 e. The highest BCUT2D eigenvalue weighted by molar-refractivity contribution is 6.36. The fraction of sp³-hybridized carbons (Fsp3) is 0.100. The van der Waals surface area contributed by atoms with Gasteiger partial charge in [0.2, 0.25) is 0 Å². The lowest BCUT2D eigenvalue weighted by Gasteiger charge is -2.08. The Hall–Kier alpha value is -1.62. The molecule has 0 radical (unpaired) electrons. The van der Waals surface area contributed by atoms with Crippen LogP contribution in [0.2, 0.25) is 20.4 Å². The van der Waals surface area contributed by atoms with Crippen molar-refractivity contribution in [3.8, 4) is 0 Å². The van der Waals surface area contributed by atoms with Crippen LogP contribution in [-0.2, 0) is 0 Å². The Bertz CT molecular complexity index is 1120. The number of fused-ring (bicyclic) bond motifs is 2. The summed E-state index contributed by atoms with van der Waals surface area (Å²) in [7, 11) is 0. The van der Waals surface area contributed by atoms with Crippen molar-refractivity contribution in [2.75, 3.05) is 0 Å². The predicted octanol–water partition coefficient (Wildman–Crippen LogP) is 7.14. The third-order valence-electron chi connectivity index (χ3n) is 3.86. The average molecular weight is 440 g/mol. The predicted molar refractivity (Wildman–Crippen MR) is 114 cm³/mol. The monoisotopic (exact) mass is 438 g/mol. The van der Waals surface area contributed by atoms with Crippen LogP contribution >= 0.6 is 46.4 Å². The minimum Gasteiger partial charge on any atom is -0.389 e. The fourth-order valence-corrected chi connectivity index (χ4v) is 3.43. The molecule has 7 heteroatoms. The molecule has 4 aromatic rings. The van der Waals surface area contributed by atoms with E-state index in [9.17, 15) is 5.11 Å². The highest BCUT2D eigenvalue weighted by Gasteiger charge is 2.10. The molecule has 138 valence electrons. The zero-order valence-electron chi connectivity index (χ0n) is 14.1. The number of pyridine rings is 2. The first-order valence-electron chi connectivity index (χ1n) is 8.00. The van der Waals surface area contributed by atoms with E-state index in [0.717, 1.165) is 16.3 Å². The van der Waals surface area contributed by atoms with Crippen LogP contribution in [0.1, 0.15) is 18.6 Å². The van der Waals surface area contributed by atoms with Gasteiger partial charge in [0.25, 0.3) is 0 Å². The minimum absolute atomic E-state index is 0.297. The number of para-hydroxylation sites is 2. The number of benzene rings is 2. The molecule has 0 amide bonds. The second kappa shape index (κ2) is 8.59. The van der Waals surface area contributed by atoms with Crippen LogP contribution in [-0.4, -0.2) is 15.1 Å². The van der Waals surface area contributed by atoms with Crippen molar-refractivity contribution in [3.63, 3.8) is 0 Å². The third kappa shape index (κ3) is 4.63. The molecule has 1 atom stereocenters. The summed E-state index contributed by atoms with van der Waals surface area (Å²) in [5.74, 6) is 0. The quantitative estimate of drug-likeness (QED) is 0.320. The Labute approximate surface area is 176 Å². The molecule has 0 saturated carbocycles. The number of hydrogen-bond acceptors (Lipinski definition) is 3. The van der Waals surface area contributed by atoms with Crippen molar-refractivity contribution >= 4 is 68.2 Å². The fourth-order valence-electron chi connectivity index (χ4n) is 2.54. The number of hydrogen-bond donors (Lipinski definition) is 1. The van der Waals surface area contributed by atoms with E-state index >= 15 is 0 Å². The Morgan fingerprint density at radius 3 is 2.00 bits per heavy atom. The Morgan fingerprint density at radius 1 is 0.778 bits per heavy atom. The molecule has 4 rings (SSSR count). The van der Waals surface area contributed by atoms with E-state index in [1.807, 2.05) is 30.3 Å². The first-order chi connectivity index (χ1) is 12.9. The van der Waals surface area contributed by atoms with Gasteiger partial charge in [0.05, 0.1) is 27.2 Å². The normalized spacial score (nSPS) is 11.9. The lowest BCUT2D eigenvalue weighted by atomic mass is 10.1. The topological polar surface area (TPSA) is 46.0 Å². The first kappa shape index (κ1) is 20.1. The summed E-state index contributed by atoms with van der Waals surface area (Å²) in [5.41, 5.74) is 2.03. The molecule has 0 aliphatic heterocycles. The van der Waals surface area contributed by atoms with Gasteiger partial charge in [-0.05, 0) is 37.3 Å². The molecule has 1 unspecified atom stereocenters. The second-order valence-electron chi connectivity index (χ2n) is 5.80. The molecule has 1 N–H and O–H groups in total. The van der Waals surface area contributed by atoms with Gasteiger partial charge in [-0.15, -0.1) is 0 Å². The molecule has 0 saturated heterocycles. The van der Waals surface area contributed by atoms with Crippen LogP contribution in [0.25, 0.3) is 21.8 Å². The SMILES string of the molecule is CC(O)c1cc2cccc(Cl)c2nc1Cl.Clc1ccc2cccc(Cl)c2n1. The smallest absolute Gasteiger partial charge is 0.135 e. The third-order valence-corrected chi connectivity index (χ3v) is 4.99. The van der Waals surface area contributed by atoms with Crippen LogP contribution in [0.4, 0.5) is 0 Å². The number of aromatic nitrogens is 2. The molecule has 0 aliphatic carbocycles.